The minimum Gasteiger partial charge on any atom is -0.396 e. The minimum atomic E-state index is -0.0542. The van der Waals surface area contributed by atoms with Crippen molar-refractivity contribution in [3.05, 3.63) is 17.0 Å². The number of aliphatic hydroxyl groups is 1. The maximum Gasteiger partial charge on any atom is 0.225 e. The quantitative estimate of drug-likeness (QED) is 0.923. The van der Waals surface area contributed by atoms with Crippen molar-refractivity contribution < 1.29 is 9.90 Å². The Morgan fingerprint density at radius 2 is 2.09 bits per heavy atom. The number of aryl methyl sites for hydroxylation is 2. The van der Waals surface area contributed by atoms with E-state index in [-0.39, 0.29) is 30.4 Å². The molecule has 3 unspecified atom stereocenters. The number of aromatic nitrogens is 2. The molecule has 22 heavy (non-hydrogen) atoms. The second kappa shape index (κ2) is 6.82. The zero-order valence-corrected chi connectivity index (χ0v) is 14.5. The Morgan fingerprint density at radius 1 is 1.41 bits per heavy atom. The number of aliphatic hydroxyl groups excluding tert-OH is 1. The van der Waals surface area contributed by atoms with E-state index in [0.29, 0.717) is 6.54 Å². The van der Waals surface area contributed by atoms with Gasteiger partial charge in [-0.3, -0.25) is 9.48 Å². The van der Waals surface area contributed by atoms with Gasteiger partial charge >= 0.3 is 0 Å². The van der Waals surface area contributed by atoms with Gasteiger partial charge in [0.1, 0.15) is 0 Å². The highest BCUT2D eigenvalue weighted by atomic mass is 16.3. The maximum absolute atomic E-state index is 12.8. The van der Waals surface area contributed by atoms with Crippen LogP contribution in [-0.4, -0.2) is 44.9 Å². The molecular weight excluding hydrogens is 278 g/mol. The lowest BCUT2D eigenvalue weighted by molar-refractivity contribution is -0.139. The summed E-state index contributed by atoms with van der Waals surface area (Å²) in [6.07, 6.45) is 2.72. The number of hydrogen-bond donors (Lipinski definition) is 1. The van der Waals surface area contributed by atoms with Crippen molar-refractivity contribution in [1.82, 2.24) is 14.7 Å². The Balaban J connectivity index is 2.08. The van der Waals surface area contributed by atoms with E-state index in [4.69, 9.17) is 0 Å². The molecule has 0 saturated carbocycles. The monoisotopic (exact) mass is 307 g/mol. The molecule has 5 heteroatoms. The Labute approximate surface area is 133 Å². The van der Waals surface area contributed by atoms with Crippen molar-refractivity contribution in [3.63, 3.8) is 0 Å². The third-order valence-corrected chi connectivity index (χ3v) is 5.11. The van der Waals surface area contributed by atoms with Gasteiger partial charge in [-0.2, -0.15) is 5.10 Å². The molecule has 1 fully saturated rings. The molecular formula is C17H29N3O2. The number of nitrogens with zero attached hydrogens (tertiary/aromatic N) is 3. The minimum absolute atomic E-state index is 0.0542. The summed E-state index contributed by atoms with van der Waals surface area (Å²) in [6, 6.07) is 0.272. The lowest BCUT2D eigenvalue weighted by atomic mass is 9.91. The molecule has 1 amide bonds. The first-order valence-corrected chi connectivity index (χ1v) is 8.25. The van der Waals surface area contributed by atoms with Gasteiger partial charge in [0.25, 0.3) is 0 Å². The first-order chi connectivity index (χ1) is 10.3. The highest BCUT2D eigenvalue weighted by Crippen LogP contribution is 2.25. The fourth-order valence-electron chi connectivity index (χ4n) is 3.43. The van der Waals surface area contributed by atoms with Crippen molar-refractivity contribution in [1.29, 1.82) is 0 Å². The summed E-state index contributed by atoms with van der Waals surface area (Å²) in [6.45, 7) is 9.03. The maximum atomic E-state index is 12.8. The second-order valence-corrected chi connectivity index (χ2v) is 6.84. The van der Waals surface area contributed by atoms with Crippen LogP contribution < -0.4 is 0 Å². The summed E-state index contributed by atoms with van der Waals surface area (Å²) in [4.78, 5) is 14.8. The molecule has 1 aliphatic heterocycles. The Kier molecular flexibility index (Phi) is 5.27. The van der Waals surface area contributed by atoms with E-state index in [1.807, 2.05) is 30.5 Å². The molecule has 1 saturated heterocycles. The van der Waals surface area contributed by atoms with Gasteiger partial charge in [-0.25, -0.2) is 0 Å². The van der Waals surface area contributed by atoms with Crippen LogP contribution in [0.1, 0.15) is 43.6 Å². The highest BCUT2D eigenvalue weighted by molar-refractivity contribution is 5.79. The third kappa shape index (κ3) is 3.35. The van der Waals surface area contributed by atoms with Gasteiger partial charge in [-0.05, 0) is 51.5 Å². The number of carbonyl (C=O) groups excluding carboxylic acids is 1. The van der Waals surface area contributed by atoms with E-state index in [1.54, 1.807) is 0 Å². The van der Waals surface area contributed by atoms with Crippen molar-refractivity contribution in [3.8, 4) is 0 Å². The van der Waals surface area contributed by atoms with Gasteiger partial charge in [-0.15, -0.1) is 0 Å². The molecule has 1 N–H and O–H groups in total. The molecule has 0 spiro atoms. The van der Waals surface area contributed by atoms with Crippen molar-refractivity contribution in [2.75, 3.05) is 13.2 Å². The number of hydrogen-bond acceptors (Lipinski definition) is 3. The molecule has 0 aromatic carbocycles. The number of rotatable bonds is 4. The van der Waals surface area contributed by atoms with Crippen LogP contribution in [0.3, 0.4) is 0 Å². The molecule has 124 valence electrons. The Bertz CT molecular complexity index is 538. The summed E-state index contributed by atoms with van der Waals surface area (Å²) in [5.41, 5.74) is 3.34. The molecule has 1 aliphatic rings. The van der Waals surface area contributed by atoms with Gasteiger partial charge in [0.05, 0.1) is 5.69 Å². The number of likely N-dealkylation sites (tertiary alicyclic amines) is 1. The molecule has 1 aromatic rings. The Morgan fingerprint density at radius 3 is 2.64 bits per heavy atom. The number of amides is 1. The SMILES string of the molecule is Cc1nn(C)c(C)c1CC(C)C(=O)N1CC(CO)CCC1C. The Hall–Kier alpha value is -1.36. The predicted molar refractivity (Wildman–Crippen MR) is 86.5 cm³/mol. The lowest BCUT2D eigenvalue weighted by Crippen LogP contribution is -2.48. The van der Waals surface area contributed by atoms with Crippen LogP contribution in [-0.2, 0) is 18.3 Å². The van der Waals surface area contributed by atoms with E-state index in [2.05, 4.69) is 18.9 Å². The summed E-state index contributed by atoms with van der Waals surface area (Å²) in [5, 5.41) is 13.8. The predicted octanol–water partition coefficient (Wildman–Crippen LogP) is 1.83. The standard InChI is InChI=1S/C17H29N3O2/c1-11(8-16-13(3)18-19(5)14(16)4)17(22)20-9-15(10-21)7-6-12(20)2/h11-12,15,21H,6-10H2,1-5H3. The van der Waals surface area contributed by atoms with Crippen LogP contribution in [0.5, 0.6) is 0 Å². The molecule has 5 nitrogen and oxygen atoms in total. The average Bonchev–Trinajstić information content (AvgIpc) is 2.73. The van der Waals surface area contributed by atoms with E-state index in [0.717, 1.165) is 30.7 Å². The zero-order valence-electron chi connectivity index (χ0n) is 14.5. The normalized spacial score (nSPS) is 23.6. The smallest absolute Gasteiger partial charge is 0.225 e. The van der Waals surface area contributed by atoms with E-state index >= 15 is 0 Å². The number of piperidine rings is 1. The summed E-state index contributed by atoms with van der Waals surface area (Å²) >= 11 is 0. The van der Waals surface area contributed by atoms with Crippen LogP contribution in [0.4, 0.5) is 0 Å². The largest absolute Gasteiger partial charge is 0.396 e. The summed E-state index contributed by atoms with van der Waals surface area (Å²) in [5.74, 6) is 0.379. The van der Waals surface area contributed by atoms with Crippen LogP contribution in [0.25, 0.3) is 0 Å². The van der Waals surface area contributed by atoms with Crippen molar-refractivity contribution in [2.24, 2.45) is 18.9 Å². The lowest BCUT2D eigenvalue weighted by Gasteiger charge is -2.39. The van der Waals surface area contributed by atoms with Gasteiger partial charge in [0.2, 0.25) is 5.91 Å². The van der Waals surface area contributed by atoms with Gasteiger partial charge in [0, 0.05) is 37.9 Å². The highest BCUT2D eigenvalue weighted by Gasteiger charge is 2.31. The molecule has 2 rings (SSSR count). The van der Waals surface area contributed by atoms with Crippen LogP contribution in [0.15, 0.2) is 0 Å². The second-order valence-electron chi connectivity index (χ2n) is 6.84. The first kappa shape index (κ1) is 17.0. The zero-order chi connectivity index (χ0) is 16.4. The molecule has 0 radical (unpaired) electrons. The third-order valence-electron chi connectivity index (χ3n) is 5.11. The van der Waals surface area contributed by atoms with E-state index in [1.165, 1.54) is 5.56 Å². The van der Waals surface area contributed by atoms with Crippen LogP contribution in [0.2, 0.25) is 0 Å². The average molecular weight is 307 g/mol. The number of carbonyl (C=O) groups is 1. The van der Waals surface area contributed by atoms with Crippen molar-refractivity contribution >= 4 is 5.91 Å². The van der Waals surface area contributed by atoms with Gasteiger partial charge in [0.15, 0.2) is 0 Å². The van der Waals surface area contributed by atoms with Gasteiger partial charge < -0.3 is 10.0 Å². The topological polar surface area (TPSA) is 58.4 Å². The summed E-state index contributed by atoms with van der Waals surface area (Å²) < 4.78 is 1.88. The molecule has 2 heterocycles. The van der Waals surface area contributed by atoms with Crippen LogP contribution in [0, 0.1) is 25.7 Å². The molecule has 1 aromatic heterocycles. The van der Waals surface area contributed by atoms with Crippen LogP contribution >= 0.6 is 0 Å². The fourth-order valence-corrected chi connectivity index (χ4v) is 3.43. The fraction of sp³-hybridized carbons (Fsp3) is 0.765. The first-order valence-electron chi connectivity index (χ1n) is 8.25. The molecule has 0 aliphatic carbocycles. The van der Waals surface area contributed by atoms with E-state index in [9.17, 15) is 9.90 Å². The molecule has 3 atom stereocenters. The molecule has 0 bridgehead atoms. The van der Waals surface area contributed by atoms with Crippen molar-refractivity contribution in [2.45, 2.75) is 53.0 Å². The van der Waals surface area contributed by atoms with Gasteiger partial charge in [-0.1, -0.05) is 6.92 Å². The summed E-state index contributed by atoms with van der Waals surface area (Å²) in [7, 11) is 1.94. The van der Waals surface area contributed by atoms with E-state index < -0.39 is 0 Å².